The third-order valence-electron chi connectivity index (χ3n) is 4.69. The molecule has 148 valence electrons. The Morgan fingerprint density at radius 1 is 1.28 bits per heavy atom. The van der Waals surface area contributed by atoms with E-state index in [4.69, 9.17) is 16.3 Å². The molecule has 1 atom stereocenters. The van der Waals surface area contributed by atoms with Gasteiger partial charge in [-0.2, -0.15) is 5.10 Å². The topological polar surface area (TPSA) is 99.3 Å². The highest BCUT2D eigenvalue weighted by Crippen LogP contribution is 2.30. The highest BCUT2D eigenvalue weighted by atomic mass is 35.5. The number of amides is 1. The van der Waals surface area contributed by atoms with Gasteiger partial charge in [-0.3, -0.25) is 14.9 Å². The van der Waals surface area contributed by atoms with Crippen LogP contribution in [0.5, 0.6) is 5.75 Å². The summed E-state index contributed by atoms with van der Waals surface area (Å²) in [6.45, 7) is 2.07. The highest BCUT2D eigenvalue weighted by Gasteiger charge is 2.27. The second-order valence-electron chi connectivity index (χ2n) is 6.81. The van der Waals surface area contributed by atoms with E-state index in [-0.39, 0.29) is 24.1 Å². The first-order valence-electron chi connectivity index (χ1n) is 8.94. The minimum atomic E-state index is -0.464. The van der Waals surface area contributed by atoms with Crippen molar-refractivity contribution in [2.75, 3.05) is 11.9 Å². The Morgan fingerprint density at radius 3 is 2.76 bits per heavy atom. The van der Waals surface area contributed by atoms with Crippen LogP contribution in [0.1, 0.15) is 11.3 Å². The second-order valence-corrected chi connectivity index (χ2v) is 7.25. The van der Waals surface area contributed by atoms with Crippen molar-refractivity contribution < 1.29 is 14.5 Å². The molecule has 0 aliphatic carbocycles. The molecule has 1 aliphatic rings. The van der Waals surface area contributed by atoms with Crippen LogP contribution in [0.3, 0.4) is 0 Å². The SMILES string of the molecule is Cc1cc(NC(=O)C2COc3ccc(Cl)cc3C2)n(-c2ccc([N+](=O)[O-])cc2)n1. The minimum Gasteiger partial charge on any atom is -0.492 e. The number of hydrogen-bond acceptors (Lipinski definition) is 5. The zero-order valence-corrected chi connectivity index (χ0v) is 16.2. The summed E-state index contributed by atoms with van der Waals surface area (Å²) in [6.07, 6.45) is 0.520. The Kier molecular flexibility index (Phi) is 4.94. The van der Waals surface area contributed by atoms with E-state index in [1.807, 2.05) is 6.07 Å². The summed E-state index contributed by atoms with van der Waals surface area (Å²) in [6, 6.07) is 13.1. The molecule has 8 nitrogen and oxygen atoms in total. The molecule has 1 aromatic heterocycles. The number of nitro benzene ring substituents is 1. The van der Waals surface area contributed by atoms with Crippen molar-refractivity contribution in [3.8, 4) is 11.4 Å². The van der Waals surface area contributed by atoms with E-state index < -0.39 is 4.92 Å². The Morgan fingerprint density at radius 2 is 2.03 bits per heavy atom. The Balaban J connectivity index is 1.54. The fraction of sp³-hybridized carbons (Fsp3) is 0.200. The summed E-state index contributed by atoms with van der Waals surface area (Å²) in [7, 11) is 0. The van der Waals surface area contributed by atoms with Gasteiger partial charge in [-0.25, -0.2) is 4.68 Å². The van der Waals surface area contributed by atoms with E-state index in [1.165, 1.54) is 12.1 Å². The number of aromatic nitrogens is 2. The third-order valence-corrected chi connectivity index (χ3v) is 4.92. The number of carbonyl (C=O) groups is 1. The molecule has 9 heteroatoms. The maximum Gasteiger partial charge on any atom is 0.269 e. The number of halogens is 1. The molecule has 2 heterocycles. The van der Waals surface area contributed by atoms with Gasteiger partial charge in [0.2, 0.25) is 5.91 Å². The minimum absolute atomic E-state index is 0.0140. The number of nitrogens with zero attached hydrogens (tertiary/aromatic N) is 3. The van der Waals surface area contributed by atoms with E-state index in [0.29, 0.717) is 28.6 Å². The number of non-ortho nitro benzene ring substituents is 1. The zero-order valence-electron chi connectivity index (χ0n) is 15.5. The number of anilines is 1. The van der Waals surface area contributed by atoms with Crippen LogP contribution in [0, 0.1) is 23.0 Å². The number of ether oxygens (including phenoxy) is 1. The molecule has 4 rings (SSSR count). The number of nitrogens with one attached hydrogen (secondary N) is 1. The number of carbonyl (C=O) groups excluding carboxylic acids is 1. The molecule has 1 aliphatic heterocycles. The Hall–Kier alpha value is -3.39. The average Bonchev–Trinajstić information content (AvgIpc) is 3.07. The number of benzene rings is 2. The predicted octanol–water partition coefficient (Wildman–Crippen LogP) is 3.93. The fourth-order valence-electron chi connectivity index (χ4n) is 3.26. The highest BCUT2D eigenvalue weighted by molar-refractivity contribution is 6.30. The molecule has 2 aromatic carbocycles. The summed E-state index contributed by atoms with van der Waals surface area (Å²) in [4.78, 5) is 23.2. The first-order chi connectivity index (χ1) is 13.9. The van der Waals surface area contributed by atoms with Gasteiger partial charge < -0.3 is 10.1 Å². The van der Waals surface area contributed by atoms with E-state index in [1.54, 1.807) is 41.9 Å². The molecule has 29 heavy (non-hydrogen) atoms. The van der Waals surface area contributed by atoms with Gasteiger partial charge in [0.25, 0.3) is 5.69 Å². The lowest BCUT2D eigenvalue weighted by Crippen LogP contribution is -2.33. The molecule has 3 aromatic rings. The second kappa shape index (κ2) is 7.56. The Labute approximate surface area is 171 Å². The molecule has 0 saturated carbocycles. The molecule has 0 saturated heterocycles. The molecule has 1 N–H and O–H groups in total. The van der Waals surface area contributed by atoms with Crippen LogP contribution in [0.4, 0.5) is 11.5 Å². The van der Waals surface area contributed by atoms with Gasteiger partial charge in [0.1, 0.15) is 18.2 Å². The van der Waals surface area contributed by atoms with Crippen molar-refractivity contribution in [1.29, 1.82) is 0 Å². The van der Waals surface area contributed by atoms with Crippen molar-refractivity contribution in [3.63, 3.8) is 0 Å². The van der Waals surface area contributed by atoms with Gasteiger partial charge in [0.15, 0.2) is 0 Å². The average molecular weight is 413 g/mol. The van der Waals surface area contributed by atoms with Crippen LogP contribution in [0.25, 0.3) is 5.69 Å². The van der Waals surface area contributed by atoms with Crippen molar-refractivity contribution in [3.05, 3.63) is 74.9 Å². The number of rotatable bonds is 4. The van der Waals surface area contributed by atoms with E-state index >= 15 is 0 Å². The molecule has 0 spiro atoms. The summed E-state index contributed by atoms with van der Waals surface area (Å²) >= 11 is 6.05. The predicted molar refractivity (Wildman–Crippen MR) is 108 cm³/mol. The third kappa shape index (κ3) is 3.93. The summed E-state index contributed by atoms with van der Waals surface area (Å²) < 4.78 is 7.25. The van der Waals surface area contributed by atoms with E-state index in [2.05, 4.69) is 10.4 Å². The fourth-order valence-corrected chi connectivity index (χ4v) is 3.46. The summed E-state index contributed by atoms with van der Waals surface area (Å²) in [5.41, 5.74) is 2.19. The van der Waals surface area contributed by atoms with Gasteiger partial charge in [-0.15, -0.1) is 0 Å². The standard InChI is InChI=1S/C20H17ClN4O4/c1-12-8-19(24(23-12)16-3-5-17(6-4-16)25(27)28)22-20(26)14-9-13-10-15(21)2-7-18(13)29-11-14/h2-8,10,14H,9,11H2,1H3,(H,22,26). The molecule has 0 bridgehead atoms. The van der Waals surface area contributed by atoms with Crippen molar-refractivity contribution in [1.82, 2.24) is 9.78 Å². The largest absolute Gasteiger partial charge is 0.492 e. The Bertz CT molecular complexity index is 1090. The van der Waals surface area contributed by atoms with Crippen LogP contribution < -0.4 is 10.1 Å². The smallest absolute Gasteiger partial charge is 0.269 e. The normalized spacial score (nSPS) is 15.3. The van der Waals surface area contributed by atoms with Crippen molar-refractivity contribution in [2.45, 2.75) is 13.3 Å². The van der Waals surface area contributed by atoms with Crippen molar-refractivity contribution >= 4 is 29.0 Å². The molecule has 1 unspecified atom stereocenters. The van der Waals surface area contributed by atoms with Crippen molar-refractivity contribution in [2.24, 2.45) is 5.92 Å². The van der Waals surface area contributed by atoms with Gasteiger partial charge in [-0.05, 0) is 49.2 Å². The first kappa shape index (κ1) is 18.9. The number of fused-ring (bicyclic) bond motifs is 1. The van der Waals surface area contributed by atoms with Crippen LogP contribution in [0.2, 0.25) is 5.02 Å². The monoisotopic (exact) mass is 412 g/mol. The van der Waals surface area contributed by atoms with Gasteiger partial charge >= 0.3 is 0 Å². The molecular weight excluding hydrogens is 396 g/mol. The van der Waals surface area contributed by atoms with Gasteiger partial charge in [0.05, 0.1) is 22.2 Å². The number of hydrogen-bond donors (Lipinski definition) is 1. The molecule has 0 fully saturated rings. The lowest BCUT2D eigenvalue weighted by Gasteiger charge is -2.24. The first-order valence-corrected chi connectivity index (χ1v) is 9.32. The summed E-state index contributed by atoms with van der Waals surface area (Å²) in [5, 5.41) is 18.7. The number of nitro groups is 1. The van der Waals surface area contributed by atoms with Crippen LogP contribution in [0.15, 0.2) is 48.5 Å². The maximum atomic E-state index is 12.8. The lowest BCUT2D eigenvalue weighted by molar-refractivity contribution is -0.384. The molecular formula is C20H17ClN4O4. The summed E-state index contributed by atoms with van der Waals surface area (Å²) in [5.74, 6) is 0.656. The van der Waals surface area contributed by atoms with Crippen LogP contribution in [-0.4, -0.2) is 27.2 Å². The number of aryl methyl sites for hydroxylation is 1. The zero-order chi connectivity index (χ0) is 20.5. The van der Waals surface area contributed by atoms with Crippen LogP contribution >= 0.6 is 11.6 Å². The maximum absolute atomic E-state index is 12.8. The lowest BCUT2D eigenvalue weighted by atomic mass is 9.96. The van der Waals surface area contributed by atoms with E-state index in [9.17, 15) is 14.9 Å². The van der Waals surface area contributed by atoms with Crippen LogP contribution in [-0.2, 0) is 11.2 Å². The van der Waals surface area contributed by atoms with Gasteiger partial charge in [0, 0.05) is 23.2 Å². The van der Waals surface area contributed by atoms with Gasteiger partial charge in [-0.1, -0.05) is 11.6 Å². The molecule has 0 radical (unpaired) electrons. The van der Waals surface area contributed by atoms with E-state index in [0.717, 1.165) is 11.3 Å². The molecule has 1 amide bonds. The quantitative estimate of drug-likeness (QED) is 0.517.